The average Bonchev–Trinajstić information content (AvgIpc) is 2.55. The summed E-state index contributed by atoms with van der Waals surface area (Å²) in [7, 11) is 0. The summed E-state index contributed by atoms with van der Waals surface area (Å²) >= 11 is 0. The van der Waals surface area contributed by atoms with Gasteiger partial charge in [-0.3, -0.25) is 4.90 Å². The molecule has 2 heterocycles. The van der Waals surface area contributed by atoms with E-state index in [1.165, 1.54) is 0 Å². The van der Waals surface area contributed by atoms with Gasteiger partial charge in [0.15, 0.2) is 5.75 Å². The van der Waals surface area contributed by atoms with Gasteiger partial charge in [0, 0.05) is 32.7 Å². The average molecular weight is 351 g/mol. The molecule has 2 rings (SSSR count). The number of piperazine rings is 1. The molecule has 0 radical (unpaired) electrons. The van der Waals surface area contributed by atoms with Crippen LogP contribution in [0.2, 0.25) is 0 Å². The normalized spacial score (nSPS) is 17.8. The van der Waals surface area contributed by atoms with Crippen LogP contribution in [-0.2, 0) is 4.74 Å². The maximum atomic E-state index is 5.84. The zero-order valence-electron chi connectivity index (χ0n) is 16.7. The molecule has 1 aliphatic rings. The van der Waals surface area contributed by atoms with E-state index < -0.39 is 0 Å². The van der Waals surface area contributed by atoms with Crippen LogP contribution in [0.3, 0.4) is 0 Å². The number of aromatic nitrogens is 2. The molecule has 1 aromatic rings. The Balaban J connectivity index is 1.77. The first-order valence-electron chi connectivity index (χ1n) is 9.34. The second-order valence-electron chi connectivity index (χ2n) is 8.08. The van der Waals surface area contributed by atoms with Gasteiger partial charge in [-0.1, -0.05) is 13.8 Å². The summed E-state index contributed by atoms with van der Waals surface area (Å²) in [6, 6.07) is 0. The van der Waals surface area contributed by atoms with Crippen LogP contribution in [-0.4, -0.2) is 65.9 Å². The smallest absolute Gasteiger partial charge is 0.225 e. The Morgan fingerprint density at radius 1 is 1.04 bits per heavy atom. The lowest BCUT2D eigenvalue weighted by atomic mass is 10.1. The van der Waals surface area contributed by atoms with Crippen molar-refractivity contribution in [1.82, 2.24) is 14.9 Å². The van der Waals surface area contributed by atoms with Crippen LogP contribution in [0, 0.1) is 5.92 Å². The van der Waals surface area contributed by atoms with Crippen LogP contribution in [0.5, 0.6) is 5.75 Å². The summed E-state index contributed by atoms with van der Waals surface area (Å²) < 4.78 is 11.7. The van der Waals surface area contributed by atoms with Gasteiger partial charge >= 0.3 is 0 Å². The van der Waals surface area contributed by atoms with Gasteiger partial charge in [-0.25, -0.2) is 9.97 Å². The Bertz CT molecular complexity index is 505. The van der Waals surface area contributed by atoms with Gasteiger partial charge in [0.1, 0.15) is 0 Å². The molecule has 142 valence electrons. The zero-order valence-corrected chi connectivity index (χ0v) is 16.7. The van der Waals surface area contributed by atoms with Crippen molar-refractivity contribution in [3.63, 3.8) is 0 Å². The molecule has 0 bridgehead atoms. The first-order chi connectivity index (χ1) is 11.7. The molecule has 1 atom stereocenters. The molecule has 0 aromatic carbocycles. The van der Waals surface area contributed by atoms with E-state index in [0.29, 0.717) is 5.92 Å². The predicted molar refractivity (Wildman–Crippen MR) is 101 cm³/mol. The second-order valence-corrected chi connectivity index (χ2v) is 8.08. The molecule has 0 saturated carbocycles. The molecule has 1 saturated heterocycles. The molecule has 0 unspecified atom stereocenters. The molecular formula is C19H34N4O2. The van der Waals surface area contributed by atoms with Crippen LogP contribution >= 0.6 is 0 Å². The maximum absolute atomic E-state index is 5.84. The van der Waals surface area contributed by atoms with Gasteiger partial charge in [0.2, 0.25) is 5.95 Å². The molecule has 1 aromatic heterocycles. The van der Waals surface area contributed by atoms with E-state index >= 15 is 0 Å². The Hall–Kier alpha value is -1.40. The SMILES string of the molecule is CC(C)[C@H](C)Oc1cnc(N2CCN(CCOC(C)(C)C)CC2)nc1. The fraction of sp³-hybridized carbons (Fsp3) is 0.789. The van der Waals surface area contributed by atoms with Gasteiger partial charge in [0.05, 0.1) is 30.7 Å². The Labute approximate surface area is 152 Å². The fourth-order valence-corrected chi connectivity index (χ4v) is 2.54. The molecule has 6 heteroatoms. The van der Waals surface area contributed by atoms with Crippen molar-refractivity contribution in [2.45, 2.75) is 53.2 Å². The second kappa shape index (κ2) is 8.81. The molecule has 25 heavy (non-hydrogen) atoms. The molecule has 0 amide bonds. The summed E-state index contributed by atoms with van der Waals surface area (Å²) in [6.45, 7) is 18.3. The van der Waals surface area contributed by atoms with E-state index in [0.717, 1.165) is 51.0 Å². The van der Waals surface area contributed by atoms with Crippen LogP contribution in [0.4, 0.5) is 5.95 Å². The third kappa shape index (κ3) is 6.78. The number of anilines is 1. The highest BCUT2D eigenvalue weighted by Gasteiger charge is 2.20. The highest BCUT2D eigenvalue weighted by Crippen LogP contribution is 2.17. The van der Waals surface area contributed by atoms with Crippen molar-refractivity contribution >= 4 is 5.95 Å². The van der Waals surface area contributed by atoms with E-state index in [1.54, 1.807) is 12.4 Å². The lowest BCUT2D eigenvalue weighted by Crippen LogP contribution is -2.48. The van der Waals surface area contributed by atoms with Crippen LogP contribution in [0.1, 0.15) is 41.5 Å². The molecule has 0 N–H and O–H groups in total. The van der Waals surface area contributed by atoms with E-state index in [4.69, 9.17) is 9.47 Å². The highest BCUT2D eigenvalue weighted by molar-refractivity contribution is 5.32. The Morgan fingerprint density at radius 3 is 2.16 bits per heavy atom. The molecular weight excluding hydrogens is 316 g/mol. The molecule has 6 nitrogen and oxygen atoms in total. The van der Waals surface area contributed by atoms with Crippen molar-refractivity contribution in [3.8, 4) is 5.75 Å². The number of hydrogen-bond acceptors (Lipinski definition) is 6. The topological polar surface area (TPSA) is 50.7 Å². The summed E-state index contributed by atoms with van der Waals surface area (Å²) in [5, 5.41) is 0. The number of nitrogens with zero attached hydrogens (tertiary/aromatic N) is 4. The molecule has 0 spiro atoms. The van der Waals surface area contributed by atoms with Crippen molar-refractivity contribution in [1.29, 1.82) is 0 Å². The van der Waals surface area contributed by atoms with E-state index in [2.05, 4.69) is 61.3 Å². The fourth-order valence-electron chi connectivity index (χ4n) is 2.54. The van der Waals surface area contributed by atoms with Crippen molar-refractivity contribution in [2.24, 2.45) is 5.92 Å². The summed E-state index contributed by atoms with van der Waals surface area (Å²) in [4.78, 5) is 13.6. The van der Waals surface area contributed by atoms with Crippen LogP contribution < -0.4 is 9.64 Å². The first kappa shape index (κ1) is 19.9. The standard InChI is InChI=1S/C19H34N4O2/c1-15(2)16(3)25-17-13-20-18(21-14-17)23-9-7-22(8-10-23)11-12-24-19(4,5)6/h13-16H,7-12H2,1-6H3/t16-/m0/s1. The van der Waals surface area contributed by atoms with E-state index in [-0.39, 0.29) is 11.7 Å². The molecule has 1 fully saturated rings. The minimum Gasteiger partial charge on any atom is -0.487 e. The monoisotopic (exact) mass is 350 g/mol. The Morgan fingerprint density at radius 2 is 1.64 bits per heavy atom. The van der Waals surface area contributed by atoms with Gasteiger partial charge in [-0.05, 0) is 33.6 Å². The minimum absolute atomic E-state index is 0.0630. The lowest BCUT2D eigenvalue weighted by molar-refractivity contribution is -0.0135. The first-order valence-corrected chi connectivity index (χ1v) is 9.34. The zero-order chi connectivity index (χ0) is 18.4. The van der Waals surface area contributed by atoms with Crippen molar-refractivity contribution in [3.05, 3.63) is 12.4 Å². The number of hydrogen-bond donors (Lipinski definition) is 0. The van der Waals surface area contributed by atoms with Crippen LogP contribution in [0.25, 0.3) is 0 Å². The number of ether oxygens (including phenoxy) is 2. The van der Waals surface area contributed by atoms with Crippen molar-refractivity contribution < 1.29 is 9.47 Å². The summed E-state index contributed by atoms with van der Waals surface area (Å²) in [5.41, 5.74) is -0.0630. The van der Waals surface area contributed by atoms with Gasteiger partial charge in [-0.15, -0.1) is 0 Å². The third-order valence-electron chi connectivity index (χ3n) is 4.47. The van der Waals surface area contributed by atoms with E-state index in [1.807, 2.05) is 0 Å². The Kier molecular flexibility index (Phi) is 7.02. The molecule has 1 aliphatic heterocycles. The van der Waals surface area contributed by atoms with Crippen LogP contribution in [0.15, 0.2) is 12.4 Å². The number of rotatable bonds is 7. The van der Waals surface area contributed by atoms with Crippen molar-refractivity contribution in [2.75, 3.05) is 44.2 Å². The predicted octanol–water partition coefficient (Wildman–Crippen LogP) is 2.84. The largest absolute Gasteiger partial charge is 0.487 e. The summed E-state index contributed by atoms with van der Waals surface area (Å²) in [5.74, 6) is 1.99. The van der Waals surface area contributed by atoms with Gasteiger partial charge in [0.25, 0.3) is 0 Å². The third-order valence-corrected chi connectivity index (χ3v) is 4.47. The van der Waals surface area contributed by atoms with E-state index in [9.17, 15) is 0 Å². The lowest BCUT2D eigenvalue weighted by Gasteiger charge is -2.35. The van der Waals surface area contributed by atoms with Gasteiger partial charge in [-0.2, -0.15) is 0 Å². The minimum atomic E-state index is -0.0630. The molecule has 0 aliphatic carbocycles. The summed E-state index contributed by atoms with van der Waals surface area (Å²) in [6.07, 6.45) is 3.73. The highest BCUT2D eigenvalue weighted by atomic mass is 16.5. The van der Waals surface area contributed by atoms with Gasteiger partial charge < -0.3 is 14.4 Å². The maximum Gasteiger partial charge on any atom is 0.225 e. The quantitative estimate of drug-likeness (QED) is 0.754.